The number of likely N-dealkylation sites (tertiary alicyclic amines) is 1. The van der Waals surface area contributed by atoms with Crippen LogP contribution in [0.25, 0.3) is 5.78 Å². The fraction of sp³-hybridized carbons (Fsp3) is 0.333. The van der Waals surface area contributed by atoms with Gasteiger partial charge in [0.2, 0.25) is 11.5 Å². The summed E-state index contributed by atoms with van der Waals surface area (Å²) in [5.74, 6) is 0.475. The predicted octanol–water partition coefficient (Wildman–Crippen LogP) is 1.38. The number of hydrogen-bond acceptors (Lipinski definition) is 5. The Hall–Kier alpha value is -2.90. The van der Waals surface area contributed by atoms with Gasteiger partial charge in [-0.3, -0.25) is 14.0 Å². The third-order valence-electron chi connectivity index (χ3n) is 4.18. The Morgan fingerprint density at radius 1 is 1.35 bits per heavy atom. The minimum absolute atomic E-state index is 0.163. The maximum atomic E-state index is 12.6. The minimum atomic E-state index is -0.212. The Kier molecular flexibility index (Phi) is 3.22. The highest BCUT2D eigenvalue weighted by Crippen LogP contribution is 2.30. The molecule has 4 rings (SSSR count). The van der Waals surface area contributed by atoms with E-state index in [1.807, 2.05) is 0 Å². The normalized spacial score (nSPS) is 18.4. The zero-order chi connectivity index (χ0) is 15.8. The summed E-state index contributed by atoms with van der Waals surface area (Å²) in [7, 11) is 0. The topological polar surface area (TPSA) is 96.5 Å². The van der Waals surface area contributed by atoms with Gasteiger partial charge in [-0.1, -0.05) is 5.16 Å². The molecule has 1 fully saturated rings. The third kappa shape index (κ3) is 2.32. The molecule has 1 saturated heterocycles. The molecule has 0 aromatic carbocycles. The Bertz CT molecular complexity index is 895. The van der Waals surface area contributed by atoms with Crippen LogP contribution in [0, 0.1) is 0 Å². The molecule has 1 aliphatic rings. The van der Waals surface area contributed by atoms with Crippen molar-refractivity contribution in [1.29, 1.82) is 0 Å². The molecule has 0 unspecified atom stereocenters. The summed E-state index contributed by atoms with van der Waals surface area (Å²) in [6.07, 6.45) is 7.32. The number of hydrogen-bond donors (Lipinski definition) is 1. The average molecular weight is 313 g/mol. The van der Waals surface area contributed by atoms with Crippen LogP contribution < -0.4 is 5.56 Å². The van der Waals surface area contributed by atoms with Crippen molar-refractivity contribution in [3.05, 3.63) is 52.5 Å². The van der Waals surface area contributed by atoms with Crippen molar-refractivity contribution in [3.63, 3.8) is 0 Å². The molecule has 118 valence electrons. The van der Waals surface area contributed by atoms with Crippen molar-refractivity contribution in [3.8, 4) is 0 Å². The van der Waals surface area contributed by atoms with Crippen LogP contribution in [0.5, 0.6) is 0 Å². The molecule has 1 aliphatic heterocycles. The van der Waals surface area contributed by atoms with Gasteiger partial charge in [0.25, 0.3) is 11.5 Å². The highest BCUT2D eigenvalue weighted by atomic mass is 16.5. The first-order valence-corrected chi connectivity index (χ1v) is 7.52. The largest absolute Gasteiger partial charge is 0.351 e. The Morgan fingerprint density at radius 2 is 2.26 bits per heavy atom. The van der Waals surface area contributed by atoms with Gasteiger partial charge in [0.15, 0.2) is 0 Å². The second-order valence-corrected chi connectivity index (χ2v) is 5.57. The smallest absolute Gasteiger partial charge is 0.293 e. The molecule has 23 heavy (non-hydrogen) atoms. The zero-order valence-corrected chi connectivity index (χ0v) is 12.3. The lowest BCUT2D eigenvalue weighted by Crippen LogP contribution is -2.39. The molecular formula is C15H15N5O3. The number of amides is 1. The standard InChI is InChI=1S/C15H15N5O3/c21-13-9-10(18-15-16-6-8-20(13)15)11-3-1-2-7-19(11)14(22)12-4-5-17-23-12/h4-6,8-9,11H,1-3,7H2,(H,16,18)/t11-/m0/s1. The molecule has 8 nitrogen and oxygen atoms in total. The molecule has 1 atom stereocenters. The third-order valence-corrected chi connectivity index (χ3v) is 4.18. The number of nitrogens with zero attached hydrogens (tertiary/aromatic N) is 4. The quantitative estimate of drug-likeness (QED) is 0.771. The Morgan fingerprint density at radius 3 is 3.09 bits per heavy atom. The number of rotatable bonds is 2. The highest BCUT2D eigenvalue weighted by Gasteiger charge is 2.31. The van der Waals surface area contributed by atoms with Gasteiger partial charge in [-0.25, -0.2) is 4.98 Å². The molecular weight excluding hydrogens is 298 g/mol. The van der Waals surface area contributed by atoms with Gasteiger partial charge in [0.05, 0.1) is 12.2 Å². The number of nitrogens with one attached hydrogen (secondary N) is 1. The van der Waals surface area contributed by atoms with E-state index in [0.717, 1.165) is 19.3 Å². The van der Waals surface area contributed by atoms with Crippen molar-refractivity contribution < 1.29 is 9.32 Å². The number of H-pyrrole nitrogens is 1. The van der Waals surface area contributed by atoms with Crippen LogP contribution in [0.1, 0.15) is 41.6 Å². The van der Waals surface area contributed by atoms with Crippen molar-refractivity contribution in [2.24, 2.45) is 0 Å². The number of carbonyl (C=O) groups is 1. The van der Waals surface area contributed by atoms with Crippen molar-refractivity contribution in [1.82, 2.24) is 24.4 Å². The fourth-order valence-electron chi connectivity index (χ4n) is 3.09. The minimum Gasteiger partial charge on any atom is -0.351 e. The van der Waals surface area contributed by atoms with Crippen molar-refractivity contribution in [2.75, 3.05) is 6.54 Å². The van der Waals surface area contributed by atoms with E-state index < -0.39 is 0 Å². The van der Waals surface area contributed by atoms with Gasteiger partial charge in [-0.15, -0.1) is 0 Å². The number of aromatic nitrogens is 4. The van der Waals surface area contributed by atoms with Gasteiger partial charge < -0.3 is 14.4 Å². The molecule has 0 radical (unpaired) electrons. The van der Waals surface area contributed by atoms with Crippen LogP contribution >= 0.6 is 0 Å². The first kappa shape index (κ1) is 13.7. The molecule has 3 aromatic heterocycles. The Balaban J connectivity index is 1.74. The van der Waals surface area contributed by atoms with E-state index in [0.29, 0.717) is 18.0 Å². The maximum Gasteiger partial charge on any atom is 0.293 e. The summed E-state index contributed by atoms with van der Waals surface area (Å²) in [5.41, 5.74) is 0.533. The lowest BCUT2D eigenvalue weighted by atomic mass is 9.98. The molecule has 0 bridgehead atoms. The lowest BCUT2D eigenvalue weighted by molar-refractivity contribution is 0.0564. The molecule has 1 amide bonds. The number of imidazole rings is 1. The summed E-state index contributed by atoms with van der Waals surface area (Å²) in [5, 5.41) is 3.59. The van der Waals surface area contributed by atoms with E-state index in [1.54, 1.807) is 23.4 Å². The van der Waals surface area contributed by atoms with Crippen molar-refractivity contribution in [2.45, 2.75) is 25.3 Å². The molecule has 0 saturated carbocycles. The SMILES string of the molecule is O=C(c1ccno1)N1CCCC[C@H]1c1cc(=O)n2ccnc2[nH]1. The van der Waals surface area contributed by atoms with Crippen molar-refractivity contribution >= 4 is 11.7 Å². The fourth-order valence-corrected chi connectivity index (χ4v) is 3.09. The number of carbonyl (C=O) groups excluding carboxylic acids is 1. The molecule has 0 spiro atoms. The summed E-state index contributed by atoms with van der Waals surface area (Å²) in [4.78, 5) is 33.8. The molecule has 0 aliphatic carbocycles. The first-order valence-electron chi connectivity index (χ1n) is 7.52. The predicted molar refractivity (Wildman–Crippen MR) is 79.9 cm³/mol. The van der Waals surface area contributed by atoms with E-state index in [9.17, 15) is 9.59 Å². The van der Waals surface area contributed by atoms with Crippen LogP contribution in [0.3, 0.4) is 0 Å². The van der Waals surface area contributed by atoms with Gasteiger partial charge >= 0.3 is 0 Å². The monoisotopic (exact) mass is 313 g/mol. The van der Waals surface area contributed by atoms with Gasteiger partial charge in [-0.2, -0.15) is 0 Å². The number of fused-ring (bicyclic) bond motifs is 1. The van der Waals surface area contributed by atoms with E-state index in [1.165, 1.54) is 16.7 Å². The number of piperidine rings is 1. The molecule has 4 heterocycles. The lowest BCUT2D eigenvalue weighted by Gasteiger charge is -2.35. The van der Waals surface area contributed by atoms with E-state index in [-0.39, 0.29) is 23.3 Å². The van der Waals surface area contributed by atoms with Crippen LogP contribution in [0.15, 0.2) is 40.0 Å². The van der Waals surface area contributed by atoms with E-state index >= 15 is 0 Å². The van der Waals surface area contributed by atoms with E-state index in [2.05, 4.69) is 15.1 Å². The zero-order valence-electron chi connectivity index (χ0n) is 12.3. The summed E-state index contributed by atoms with van der Waals surface area (Å²) in [6, 6.07) is 2.88. The van der Waals surface area contributed by atoms with Gasteiger partial charge in [0, 0.05) is 36.8 Å². The summed E-state index contributed by atoms with van der Waals surface area (Å²) >= 11 is 0. The first-order chi connectivity index (χ1) is 11.2. The summed E-state index contributed by atoms with van der Waals surface area (Å²) < 4.78 is 6.42. The van der Waals surface area contributed by atoms with Crippen LogP contribution in [-0.4, -0.2) is 36.9 Å². The molecule has 3 aromatic rings. The highest BCUT2D eigenvalue weighted by molar-refractivity contribution is 5.91. The van der Waals surface area contributed by atoms with Crippen LogP contribution in [-0.2, 0) is 0 Å². The van der Waals surface area contributed by atoms with E-state index in [4.69, 9.17) is 4.52 Å². The van der Waals surface area contributed by atoms with Crippen LogP contribution in [0.2, 0.25) is 0 Å². The second kappa shape index (κ2) is 5.38. The number of aromatic amines is 1. The average Bonchev–Trinajstić information content (AvgIpc) is 3.25. The van der Waals surface area contributed by atoms with Crippen LogP contribution in [0.4, 0.5) is 0 Å². The summed E-state index contributed by atoms with van der Waals surface area (Å²) in [6.45, 7) is 0.617. The second-order valence-electron chi connectivity index (χ2n) is 5.57. The Labute approximate surface area is 130 Å². The van der Waals surface area contributed by atoms with Gasteiger partial charge in [-0.05, 0) is 19.3 Å². The van der Waals surface area contributed by atoms with Gasteiger partial charge in [0.1, 0.15) is 0 Å². The molecule has 8 heteroatoms. The molecule has 1 N–H and O–H groups in total. The maximum absolute atomic E-state index is 12.6.